The van der Waals surface area contributed by atoms with Crippen molar-refractivity contribution in [2.45, 2.75) is 13.8 Å². The van der Waals surface area contributed by atoms with E-state index in [0.29, 0.717) is 0 Å². The average Bonchev–Trinajstić information content (AvgIpc) is 2.70. The van der Waals surface area contributed by atoms with Gasteiger partial charge < -0.3 is 27.5 Å². The second kappa shape index (κ2) is 9.82. The highest BCUT2D eigenvalue weighted by atomic mass is 35.5. The Labute approximate surface area is 188 Å². The number of halogens is 1. The SMILES string of the molecule is [CH2+]c1cc(-c2ccc(N(C)C)cc2)c(NCC)c(C)c1-c1ccc(N(C)C)cc1.[Cl-]. The number of nitrogens with zero attached hydrogens (tertiary/aromatic N) is 2. The Morgan fingerprint density at radius 3 is 1.70 bits per heavy atom. The van der Waals surface area contributed by atoms with Crippen LogP contribution in [0.4, 0.5) is 17.1 Å². The van der Waals surface area contributed by atoms with Crippen LogP contribution in [-0.4, -0.2) is 34.7 Å². The number of hydrogen-bond acceptors (Lipinski definition) is 3. The van der Waals surface area contributed by atoms with Crippen molar-refractivity contribution in [2.24, 2.45) is 0 Å². The van der Waals surface area contributed by atoms with E-state index in [0.717, 1.165) is 12.1 Å². The summed E-state index contributed by atoms with van der Waals surface area (Å²) < 4.78 is 0. The van der Waals surface area contributed by atoms with Gasteiger partial charge in [0.1, 0.15) is 5.56 Å². The van der Waals surface area contributed by atoms with Gasteiger partial charge in [0.25, 0.3) is 0 Å². The highest BCUT2D eigenvalue weighted by molar-refractivity contribution is 5.89. The van der Waals surface area contributed by atoms with Gasteiger partial charge in [-0.05, 0) is 55.8 Å². The van der Waals surface area contributed by atoms with Crippen LogP contribution in [0.5, 0.6) is 0 Å². The molecule has 0 spiro atoms. The van der Waals surface area contributed by atoms with Crippen molar-refractivity contribution in [3.8, 4) is 22.3 Å². The highest BCUT2D eigenvalue weighted by Crippen LogP contribution is 2.40. The smallest absolute Gasteiger partial charge is 0.135 e. The minimum Gasteiger partial charge on any atom is -1.00 e. The summed E-state index contributed by atoms with van der Waals surface area (Å²) in [5.74, 6) is 0. The lowest BCUT2D eigenvalue weighted by molar-refractivity contribution is -0.00000598. The molecule has 0 aliphatic heterocycles. The van der Waals surface area contributed by atoms with Gasteiger partial charge in [-0.25, -0.2) is 0 Å². The lowest BCUT2D eigenvalue weighted by Gasteiger charge is -2.17. The summed E-state index contributed by atoms with van der Waals surface area (Å²) in [7, 11) is 8.25. The van der Waals surface area contributed by atoms with Crippen molar-refractivity contribution >= 4 is 17.1 Å². The quantitative estimate of drug-likeness (QED) is 0.617. The molecular formula is C26H32ClN3. The molecule has 3 nitrogen and oxygen atoms in total. The standard InChI is InChI=1S/C26H32N3.ClH/c1-8-27-26-19(3)25(21-11-15-23(16-12-21)29(6)7)18(2)17-24(26)20-9-13-22(14-10-20)28(4)5;/h9-17,27H,2,8H2,1,3-7H3;1H/q+1;/p-1. The molecule has 1 N–H and O–H groups in total. The maximum absolute atomic E-state index is 4.40. The lowest BCUT2D eigenvalue weighted by Crippen LogP contribution is -3.00. The number of hydrogen-bond donors (Lipinski definition) is 1. The molecular weight excluding hydrogens is 390 g/mol. The van der Waals surface area contributed by atoms with Gasteiger partial charge in [-0.1, -0.05) is 12.1 Å². The first-order chi connectivity index (χ1) is 13.8. The molecule has 3 rings (SSSR count). The molecule has 0 radical (unpaired) electrons. The zero-order valence-corrected chi connectivity index (χ0v) is 19.6. The van der Waals surface area contributed by atoms with Gasteiger partial charge in [0.15, 0.2) is 0 Å². The Kier molecular flexibility index (Phi) is 7.69. The zero-order valence-electron chi connectivity index (χ0n) is 18.9. The third-order valence-electron chi connectivity index (χ3n) is 5.38. The fourth-order valence-electron chi connectivity index (χ4n) is 3.79. The Morgan fingerprint density at radius 1 is 0.800 bits per heavy atom. The van der Waals surface area contributed by atoms with Crippen molar-refractivity contribution in [1.82, 2.24) is 0 Å². The molecule has 0 unspecified atom stereocenters. The Bertz CT molecular complexity index is 975. The van der Waals surface area contributed by atoms with Crippen molar-refractivity contribution in [2.75, 3.05) is 49.9 Å². The van der Waals surface area contributed by atoms with Crippen LogP contribution in [0.2, 0.25) is 0 Å². The van der Waals surface area contributed by atoms with Crippen molar-refractivity contribution in [1.29, 1.82) is 0 Å². The van der Waals surface area contributed by atoms with E-state index in [1.165, 1.54) is 44.9 Å². The first-order valence-corrected chi connectivity index (χ1v) is 10.1. The second-order valence-corrected chi connectivity index (χ2v) is 7.87. The molecule has 30 heavy (non-hydrogen) atoms. The largest absolute Gasteiger partial charge is 1.00 e. The topological polar surface area (TPSA) is 18.5 Å². The summed E-state index contributed by atoms with van der Waals surface area (Å²) in [6.07, 6.45) is 0. The molecule has 0 aliphatic carbocycles. The van der Waals surface area contributed by atoms with E-state index in [1.54, 1.807) is 0 Å². The van der Waals surface area contributed by atoms with Gasteiger partial charge in [0.2, 0.25) is 0 Å². The third kappa shape index (κ3) is 4.68. The van der Waals surface area contributed by atoms with Crippen LogP contribution in [0.1, 0.15) is 18.1 Å². The Morgan fingerprint density at radius 2 is 1.27 bits per heavy atom. The van der Waals surface area contributed by atoms with Gasteiger partial charge >= 0.3 is 0 Å². The number of nitrogens with one attached hydrogen (secondary N) is 1. The number of benzene rings is 3. The van der Waals surface area contributed by atoms with Crippen LogP contribution < -0.4 is 27.5 Å². The third-order valence-corrected chi connectivity index (χ3v) is 5.38. The molecule has 0 saturated heterocycles. The van der Waals surface area contributed by atoms with Gasteiger partial charge in [0, 0.05) is 64.2 Å². The molecule has 3 aromatic rings. The predicted octanol–water partition coefficient (Wildman–Crippen LogP) is 3.08. The fourth-order valence-corrected chi connectivity index (χ4v) is 3.79. The summed E-state index contributed by atoms with van der Waals surface area (Å²) in [6, 6.07) is 19.6. The number of anilines is 3. The van der Waals surface area contributed by atoms with Crippen LogP contribution >= 0.6 is 0 Å². The molecule has 0 amide bonds. The lowest BCUT2D eigenvalue weighted by atomic mass is 9.89. The molecule has 0 aromatic heterocycles. The van der Waals surface area contributed by atoms with Gasteiger partial charge in [-0.2, -0.15) is 0 Å². The van der Waals surface area contributed by atoms with E-state index in [1.807, 2.05) is 0 Å². The Hall–Kier alpha value is -2.78. The molecule has 158 valence electrons. The summed E-state index contributed by atoms with van der Waals surface area (Å²) in [5.41, 5.74) is 10.7. The van der Waals surface area contributed by atoms with Crippen LogP contribution in [0.25, 0.3) is 22.3 Å². The molecule has 0 aliphatic rings. The van der Waals surface area contributed by atoms with E-state index >= 15 is 0 Å². The number of rotatable bonds is 6. The molecule has 4 heteroatoms. The predicted molar refractivity (Wildman–Crippen MR) is 129 cm³/mol. The molecule has 0 heterocycles. The monoisotopic (exact) mass is 421 g/mol. The fraction of sp³-hybridized carbons (Fsp3) is 0.269. The van der Waals surface area contributed by atoms with E-state index in [-0.39, 0.29) is 12.4 Å². The van der Waals surface area contributed by atoms with Crippen molar-refractivity contribution < 1.29 is 12.4 Å². The summed E-state index contributed by atoms with van der Waals surface area (Å²) >= 11 is 0. The average molecular weight is 422 g/mol. The summed E-state index contributed by atoms with van der Waals surface area (Å²) in [5, 5.41) is 3.60. The normalized spacial score (nSPS) is 10.3. The van der Waals surface area contributed by atoms with E-state index in [2.05, 4.69) is 119 Å². The van der Waals surface area contributed by atoms with Crippen LogP contribution in [0.3, 0.4) is 0 Å². The van der Waals surface area contributed by atoms with Crippen LogP contribution in [0, 0.1) is 13.8 Å². The summed E-state index contributed by atoms with van der Waals surface area (Å²) in [6.45, 7) is 9.61. The van der Waals surface area contributed by atoms with E-state index < -0.39 is 0 Å². The second-order valence-electron chi connectivity index (χ2n) is 7.87. The maximum Gasteiger partial charge on any atom is 0.135 e. The summed E-state index contributed by atoms with van der Waals surface area (Å²) in [4.78, 5) is 4.24. The maximum atomic E-state index is 4.40. The molecule has 0 bridgehead atoms. The van der Waals surface area contributed by atoms with Crippen LogP contribution in [-0.2, 0) is 0 Å². The van der Waals surface area contributed by atoms with E-state index in [9.17, 15) is 0 Å². The van der Waals surface area contributed by atoms with Gasteiger partial charge in [0.05, 0.1) is 22.9 Å². The molecule has 0 atom stereocenters. The molecule has 0 saturated carbocycles. The zero-order chi connectivity index (χ0) is 21.1. The minimum atomic E-state index is 0. The van der Waals surface area contributed by atoms with Gasteiger partial charge in [-0.3, -0.25) is 0 Å². The minimum absolute atomic E-state index is 0. The van der Waals surface area contributed by atoms with Crippen molar-refractivity contribution in [3.63, 3.8) is 0 Å². The van der Waals surface area contributed by atoms with Crippen LogP contribution in [0.15, 0.2) is 54.6 Å². The Balaban J connectivity index is 0.00000320. The first-order valence-electron chi connectivity index (χ1n) is 10.1. The first kappa shape index (κ1) is 23.5. The van der Waals surface area contributed by atoms with Gasteiger partial charge in [-0.15, -0.1) is 0 Å². The van der Waals surface area contributed by atoms with Crippen molar-refractivity contribution in [3.05, 3.63) is 72.6 Å². The van der Waals surface area contributed by atoms with E-state index in [4.69, 9.17) is 0 Å². The molecule has 3 aromatic carbocycles. The molecule has 0 fully saturated rings. The highest BCUT2D eigenvalue weighted by Gasteiger charge is 2.22.